The minimum Gasteiger partial charge on any atom is -0.459 e. The molecule has 0 fully saturated rings. The van der Waals surface area contributed by atoms with E-state index in [9.17, 15) is 9.59 Å². The third kappa shape index (κ3) is 8.61. The van der Waals surface area contributed by atoms with Crippen LogP contribution >= 0.6 is 0 Å². The lowest BCUT2D eigenvalue weighted by Crippen LogP contribution is -2.28. The van der Waals surface area contributed by atoms with E-state index in [0.717, 1.165) is 22.3 Å². The van der Waals surface area contributed by atoms with Crippen LogP contribution in [0.5, 0.6) is 0 Å². The molecule has 0 saturated carbocycles. The lowest BCUT2D eigenvalue weighted by molar-refractivity contribution is -0.0682. The molecule has 0 saturated heterocycles. The van der Waals surface area contributed by atoms with Gasteiger partial charge in [-0.25, -0.2) is 9.59 Å². The number of rotatable bonds is 13. The Kier molecular flexibility index (Phi) is 10.8. The topological polar surface area (TPSA) is 71.1 Å². The van der Waals surface area contributed by atoms with Crippen molar-refractivity contribution in [3.63, 3.8) is 0 Å². The van der Waals surface area contributed by atoms with Crippen molar-refractivity contribution in [2.45, 2.75) is 39.1 Å². The molecule has 0 spiro atoms. The van der Waals surface area contributed by atoms with E-state index in [0.29, 0.717) is 17.7 Å². The molecule has 212 valence electrons. The fourth-order valence-electron chi connectivity index (χ4n) is 4.31. The van der Waals surface area contributed by atoms with Crippen molar-refractivity contribution in [2.24, 2.45) is 0 Å². The number of hydrogen-bond donors (Lipinski definition) is 0. The molecular formula is C35H36O6. The highest BCUT2D eigenvalue weighted by molar-refractivity contribution is 5.98. The van der Waals surface area contributed by atoms with Crippen LogP contribution in [0, 0.1) is 0 Å². The zero-order valence-electron chi connectivity index (χ0n) is 23.7. The lowest BCUT2D eigenvalue weighted by atomic mass is 10.00. The first-order valence-corrected chi connectivity index (χ1v) is 13.8. The Labute approximate surface area is 241 Å². The van der Waals surface area contributed by atoms with E-state index in [1.807, 2.05) is 111 Å². The summed E-state index contributed by atoms with van der Waals surface area (Å²) in [5.41, 5.74) is 4.58. The predicted molar refractivity (Wildman–Crippen MR) is 160 cm³/mol. The van der Waals surface area contributed by atoms with Crippen LogP contribution in [0.25, 0.3) is 22.3 Å². The van der Waals surface area contributed by atoms with Crippen LogP contribution < -0.4 is 0 Å². The predicted octanol–water partition coefficient (Wildman–Crippen LogP) is 7.23. The highest BCUT2D eigenvalue weighted by Gasteiger charge is 2.19. The maximum absolute atomic E-state index is 12.9. The quantitative estimate of drug-likeness (QED) is 0.163. The van der Waals surface area contributed by atoms with Gasteiger partial charge in [0.15, 0.2) is 0 Å². The summed E-state index contributed by atoms with van der Waals surface area (Å²) >= 11 is 0. The van der Waals surface area contributed by atoms with Crippen LogP contribution in [0.1, 0.15) is 41.5 Å². The second-order valence-electron chi connectivity index (χ2n) is 9.93. The minimum atomic E-state index is -0.447. The van der Waals surface area contributed by atoms with Crippen LogP contribution in [0.3, 0.4) is 0 Å². The zero-order valence-corrected chi connectivity index (χ0v) is 23.7. The van der Waals surface area contributed by atoms with Crippen LogP contribution in [0.2, 0.25) is 0 Å². The fourth-order valence-corrected chi connectivity index (χ4v) is 4.31. The third-order valence-corrected chi connectivity index (χ3v) is 6.45. The average Bonchev–Trinajstić information content (AvgIpc) is 3.02. The van der Waals surface area contributed by atoms with Gasteiger partial charge in [0.25, 0.3) is 0 Å². The molecule has 6 heteroatoms. The van der Waals surface area contributed by atoms with Crippen LogP contribution in [0.15, 0.2) is 109 Å². The lowest BCUT2D eigenvalue weighted by Gasteiger charge is -2.20. The Morgan fingerprint density at radius 2 is 0.927 bits per heavy atom. The number of ether oxygens (including phenoxy) is 4. The highest BCUT2D eigenvalue weighted by atomic mass is 16.6. The molecule has 3 atom stereocenters. The van der Waals surface area contributed by atoms with Crippen LogP contribution in [0.4, 0.5) is 0 Å². The molecule has 0 radical (unpaired) electrons. The smallest absolute Gasteiger partial charge is 0.339 e. The van der Waals surface area contributed by atoms with E-state index in [4.69, 9.17) is 18.9 Å². The van der Waals surface area contributed by atoms with Crippen molar-refractivity contribution in [3.05, 3.63) is 120 Å². The molecule has 4 rings (SSSR count). The molecule has 0 aliphatic heterocycles. The van der Waals surface area contributed by atoms with E-state index < -0.39 is 18.0 Å². The van der Waals surface area contributed by atoms with Gasteiger partial charge in [0.1, 0.15) is 12.7 Å². The number of esters is 2. The van der Waals surface area contributed by atoms with Crippen LogP contribution in [-0.4, -0.2) is 50.1 Å². The normalized spacial score (nSPS) is 13.1. The van der Waals surface area contributed by atoms with Gasteiger partial charge >= 0.3 is 11.9 Å². The van der Waals surface area contributed by atoms with Gasteiger partial charge in [0.2, 0.25) is 0 Å². The Morgan fingerprint density at radius 1 is 0.512 bits per heavy atom. The van der Waals surface area contributed by atoms with Crippen molar-refractivity contribution < 1.29 is 28.5 Å². The molecule has 3 unspecified atom stereocenters. The zero-order chi connectivity index (χ0) is 29.0. The Bertz CT molecular complexity index is 1400. The number of benzene rings is 4. The SMILES string of the molecule is CC(COC(=O)c1ccccc1-c1ccccc1)OCC(C)OCC(C)OC(=O)c1ccccc1-c1ccccc1. The summed E-state index contributed by atoms with van der Waals surface area (Å²) in [7, 11) is 0. The number of carbonyl (C=O) groups excluding carboxylic acids is 2. The van der Waals surface area contributed by atoms with Crippen molar-refractivity contribution in [1.82, 2.24) is 0 Å². The second-order valence-corrected chi connectivity index (χ2v) is 9.93. The molecule has 6 nitrogen and oxygen atoms in total. The molecule has 41 heavy (non-hydrogen) atoms. The average molecular weight is 553 g/mol. The molecule has 0 aromatic heterocycles. The van der Waals surface area contributed by atoms with Gasteiger partial charge in [-0.1, -0.05) is 97.1 Å². The van der Waals surface area contributed by atoms with Crippen molar-refractivity contribution in [3.8, 4) is 22.3 Å². The molecule has 0 heterocycles. The highest BCUT2D eigenvalue weighted by Crippen LogP contribution is 2.25. The Morgan fingerprint density at radius 3 is 1.46 bits per heavy atom. The Balaban J connectivity index is 1.19. The Hall–Kier alpha value is -4.26. The number of hydrogen-bond acceptors (Lipinski definition) is 6. The summed E-state index contributed by atoms with van der Waals surface area (Å²) in [6, 6.07) is 34.3. The van der Waals surface area contributed by atoms with Crippen LogP contribution in [-0.2, 0) is 18.9 Å². The van der Waals surface area contributed by atoms with E-state index in [1.165, 1.54) is 0 Å². The largest absolute Gasteiger partial charge is 0.459 e. The van der Waals surface area contributed by atoms with Crippen molar-refractivity contribution in [2.75, 3.05) is 19.8 Å². The molecule has 0 aliphatic rings. The molecule has 4 aromatic carbocycles. The summed E-state index contributed by atoms with van der Waals surface area (Å²) in [5, 5.41) is 0. The molecular weight excluding hydrogens is 516 g/mol. The first-order valence-electron chi connectivity index (χ1n) is 13.8. The van der Waals surface area contributed by atoms with Gasteiger partial charge in [-0.2, -0.15) is 0 Å². The van der Waals surface area contributed by atoms with Gasteiger partial charge in [0, 0.05) is 0 Å². The summed E-state index contributed by atoms with van der Waals surface area (Å²) in [6.07, 6.45) is -1.01. The van der Waals surface area contributed by atoms with Gasteiger partial charge in [0.05, 0.1) is 36.5 Å². The van der Waals surface area contributed by atoms with Gasteiger partial charge in [-0.05, 0) is 55.2 Å². The van der Waals surface area contributed by atoms with E-state index in [1.54, 1.807) is 19.1 Å². The van der Waals surface area contributed by atoms with E-state index >= 15 is 0 Å². The van der Waals surface area contributed by atoms with Crippen molar-refractivity contribution in [1.29, 1.82) is 0 Å². The fraction of sp³-hybridized carbons (Fsp3) is 0.257. The number of carbonyl (C=O) groups is 2. The molecule has 0 N–H and O–H groups in total. The van der Waals surface area contributed by atoms with E-state index in [2.05, 4.69) is 0 Å². The monoisotopic (exact) mass is 552 g/mol. The van der Waals surface area contributed by atoms with Gasteiger partial charge in [-0.15, -0.1) is 0 Å². The second kappa shape index (κ2) is 14.9. The van der Waals surface area contributed by atoms with Gasteiger partial charge in [-0.3, -0.25) is 0 Å². The summed E-state index contributed by atoms with van der Waals surface area (Å²) < 4.78 is 22.9. The standard InChI is InChI=1S/C35H36O6/c1-25(39-24-27(3)41-35(37)33-21-13-11-19-31(33)29-16-8-5-9-17-29)22-38-26(2)23-40-34(36)32-20-12-10-18-30(32)28-14-6-4-7-15-28/h4-21,25-27H,22-24H2,1-3H3. The molecule has 4 aromatic rings. The molecule has 0 amide bonds. The summed E-state index contributed by atoms with van der Waals surface area (Å²) in [4.78, 5) is 25.7. The summed E-state index contributed by atoms with van der Waals surface area (Å²) in [6.45, 7) is 6.17. The first-order chi connectivity index (χ1) is 19.9. The molecule has 0 bridgehead atoms. The molecule has 0 aliphatic carbocycles. The summed E-state index contributed by atoms with van der Waals surface area (Å²) in [5.74, 6) is -0.789. The minimum absolute atomic E-state index is 0.115. The van der Waals surface area contributed by atoms with Gasteiger partial charge < -0.3 is 18.9 Å². The maximum Gasteiger partial charge on any atom is 0.339 e. The first kappa shape index (κ1) is 29.7. The van der Waals surface area contributed by atoms with Crippen molar-refractivity contribution >= 4 is 11.9 Å². The third-order valence-electron chi connectivity index (χ3n) is 6.45. The van der Waals surface area contributed by atoms with E-state index in [-0.39, 0.29) is 25.4 Å². The maximum atomic E-state index is 12.9.